The Hall–Kier alpha value is -6.94. The summed E-state index contributed by atoms with van der Waals surface area (Å²) in [5, 5.41) is 47.3. The number of aromatic nitrogens is 13. The second-order valence-corrected chi connectivity index (χ2v) is 12.5. The van der Waals surface area contributed by atoms with Crippen molar-refractivity contribution in [3.63, 3.8) is 0 Å². The van der Waals surface area contributed by atoms with Gasteiger partial charge < -0.3 is 18.0 Å². The predicted molar refractivity (Wildman–Crippen MR) is 173 cm³/mol. The minimum Gasteiger partial charge on any atom is -0.446 e. The van der Waals surface area contributed by atoms with Crippen LogP contribution in [0.3, 0.4) is 0 Å². The third-order valence-electron chi connectivity index (χ3n) is 8.66. The maximum atomic E-state index is 6.37. The summed E-state index contributed by atoms with van der Waals surface area (Å²) in [6, 6.07) is 13.9. The van der Waals surface area contributed by atoms with Crippen LogP contribution in [0, 0.1) is 0 Å². The van der Waals surface area contributed by atoms with E-state index in [-0.39, 0.29) is 17.5 Å². The minimum atomic E-state index is -1.95. The molecule has 0 bridgehead atoms. The van der Waals surface area contributed by atoms with Crippen molar-refractivity contribution in [2.24, 2.45) is 0 Å². The summed E-state index contributed by atoms with van der Waals surface area (Å²) in [6.07, 6.45) is 9.03. The molecule has 10 rings (SSSR count). The molecule has 0 amide bonds. The number of para-hydroxylation sites is 1. The quantitative estimate of drug-likeness (QED) is 0.236. The van der Waals surface area contributed by atoms with E-state index in [1.54, 1.807) is 28.6 Å². The Morgan fingerprint density at radius 1 is 0.863 bits per heavy atom. The Bertz CT molecular complexity index is 2440. The zero-order valence-corrected chi connectivity index (χ0v) is 27.1. The number of fused-ring (bicyclic) bond motifs is 1. The number of hydrazine groups is 2. The van der Waals surface area contributed by atoms with E-state index in [1.165, 1.54) is 47.9 Å². The molecule has 1 fully saturated rings. The molecular weight excluding hydrogens is 701 g/mol. The zero-order chi connectivity index (χ0) is 33.8. The van der Waals surface area contributed by atoms with Crippen LogP contribution in [0.5, 0.6) is 0 Å². The molecule has 51 heavy (non-hydrogen) atoms. The van der Waals surface area contributed by atoms with Gasteiger partial charge in [-0.05, 0) is 34.9 Å². The fraction of sp³-hybridized carbons (Fsp3) is 0.103. The molecule has 1 N–H and O–H groups in total. The van der Waals surface area contributed by atoms with Crippen LogP contribution in [0.2, 0.25) is 0 Å². The van der Waals surface area contributed by atoms with Crippen LogP contribution in [0.1, 0.15) is 34.9 Å². The first-order chi connectivity index (χ1) is 25.3. The van der Waals surface area contributed by atoms with Crippen LogP contribution in [-0.4, -0.2) is 65.8 Å². The Morgan fingerprint density at radius 3 is 2.57 bits per heavy atom. The molecular formula is C29H18N16O4S2. The van der Waals surface area contributed by atoms with E-state index < -0.39 is 17.0 Å². The Kier molecular flexibility index (Phi) is 6.44. The molecule has 0 radical (unpaired) electrons. The SMILES string of the molecule is c1ccc2nc(C3(c4conn4)C(c4cn[nH]n4)N(c4ccon4)N(c4ccsn4)N(c4nccs4)C3(c3ncco3)c3nnno3)ccc2c1. The molecule has 20 nitrogen and oxygen atoms in total. The van der Waals surface area contributed by atoms with Gasteiger partial charge in [-0.2, -0.15) is 24.9 Å². The number of hydrogen-bond donors (Lipinski definition) is 1. The number of anilines is 3. The zero-order valence-electron chi connectivity index (χ0n) is 25.5. The first-order valence-electron chi connectivity index (χ1n) is 15.0. The van der Waals surface area contributed by atoms with E-state index >= 15 is 0 Å². The van der Waals surface area contributed by atoms with Gasteiger partial charge in [-0.1, -0.05) is 34.5 Å². The van der Waals surface area contributed by atoms with Gasteiger partial charge in [0.25, 0.3) is 5.89 Å². The third-order valence-corrected chi connectivity index (χ3v) is 9.95. The smallest absolute Gasteiger partial charge is 0.286 e. The maximum Gasteiger partial charge on any atom is 0.286 e. The number of nitrogens with one attached hydrogen (secondary N) is 1. The number of thiazole rings is 1. The second-order valence-electron chi connectivity index (χ2n) is 11.0. The molecule has 0 aliphatic carbocycles. The summed E-state index contributed by atoms with van der Waals surface area (Å²) in [5.41, 5.74) is -2.07. The second kappa shape index (κ2) is 11.3. The van der Waals surface area contributed by atoms with Crippen molar-refractivity contribution in [1.29, 1.82) is 0 Å². The van der Waals surface area contributed by atoms with Gasteiger partial charge in [0.1, 0.15) is 41.6 Å². The number of benzene rings is 1. The van der Waals surface area contributed by atoms with Crippen molar-refractivity contribution in [2.45, 2.75) is 17.0 Å². The van der Waals surface area contributed by atoms with E-state index in [0.717, 1.165) is 5.39 Å². The lowest BCUT2D eigenvalue weighted by Gasteiger charge is -2.63. The molecule has 22 heteroatoms. The first-order valence-corrected chi connectivity index (χ1v) is 16.7. The fourth-order valence-corrected chi connectivity index (χ4v) is 8.06. The monoisotopic (exact) mass is 718 g/mol. The van der Waals surface area contributed by atoms with Crippen molar-refractivity contribution >= 4 is 50.5 Å². The number of hydrogen-bond acceptors (Lipinski definition) is 21. The molecule has 0 spiro atoms. The standard InChI is InChI=1S/C29H18N16O4S2/c1-2-4-18-17(3-1)5-6-20(33-18)28(21-16-48-41-35-21)24(19-15-32-39-34-19)43(22-7-11-47-37-22)45(23-8-13-51-38-23)44(27-31-10-14-50-27)29(28,25-30-9-12-46-25)26-36-40-42-49-26/h1-16,24H,(H,32,34,39). The summed E-state index contributed by atoms with van der Waals surface area (Å²) < 4.78 is 28.3. The topological polar surface area (TPSA) is 233 Å². The van der Waals surface area contributed by atoms with Gasteiger partial charge >= 0.3 is 0 Å². The number of aromatic amines is 1. The van der Waals surface area contributed by atoms with Gasteiger partial charge in [0, 0.05) is 33.7 Å². The number of H-pyrrole nitrogens is 1. The molecule has 9 heterocycles. The lowest BCUT2D eigenvalue weighted by Crippen LogP contribution is -2.79. The van der Waals surface area contributed by atoms with Crippen molar-refractivity contribution in [3.05, 3.63) is 126 Å². The van der Waals surface area contributed by atoms with Crippen molar-refractivity contribution in [3.8, 4) is 0 Å². The van der Waals surface area contributed by atoms with Crippen molar-refractivity contribution in [2.75, 3.05) is 15.1 Å². The van der Waals surface area contributed by atoms with Crippen LogP contribution in [0.4, 0.5) is 16.8 Å². The number of rotatable bonds is 8. The molecule has 8 aromatic heterocycles. The fourth-order valence-electron chi connectivity index (χ4n) is 6.90. The third kappa shape index (κ3) is 3.98. The van der Waals surface area contributed by atoms with Gasteiger partial charge in [-0.25, -0.2) is 20.0 Å². The molecule has 1 aliphatic rings. The Labute approximate surface area is 291 Å². The Morgan fingerprint density at radius 2 is 1.84 bits per heavy atom. The molecule has 1 aliphatic heterocycles. The highest BCUT2D eigenvalue weighted by molar-refractivity contribution is 7.13. The predicted octanol–water partition coefficient (Wildman–Crippen LogP) is 3.74. The number of pyridine rings is 1. The summed E-state index contributed by atoms with van der Waals surface area (Å²) in [7, 11) is 0. The molecule has 1 aromatic carbocycles. The van der Waals surface area contributed by atoms with Gasteiger partial charge in [-0.15, -0.1) is 16.4 Å². The Balaban J connectivity index is 1.49. The lowest BCUT2D eigenvalue weighted by atomic mass is 9.58. The van der Waals surface area contributed by atoms with Crippen LogP contribution in [0.25, 0.3) is 10.9 Å². The molecule has 3 atom stereocenters. The van der Waals surface area contributed by atoms with Crippen LogP contribution in [-0.2, 0) is 11.0 Å². The van der Waals surface area contributed by atoms with E-state index in [0.29, 0.717) is 33.7 Å². The van der Waals surface area contributed by atoms with Gasteiger partial charge in [-0.3, -0.25) is 4.98 Å². The van der Waals surface area contributed by atoms with Crippen molar-refractivity contribution in [1.82, 2.24) is 65.8 Å². The maximum absolute atomic E-state index is 6.37. The highest BCUT2D eigenvalue weighted by atomic mass is 32.1. The number of nitrogens with zero attached hydrogens (tertiary/aromatic N) is 15. The summed E-state index contributed by atoms with van der Waals surface area (Å²) >= 11 is 2.53. The molecule has 9 aromatic rings. The lowest BCUT2D eigenvalue weighted by molar-refractivity contribution is 0.109. The highest BCUT2D eigenvalue weighted by Crippen LogP contribution is 2.65. The van der Waals surface area contributed by atoms with E-state index in [9.17, 15) is 0 Å². The molecule has 250 valence electrons. The van der Waals surface area contributed by atoms with E-state index in [2.05, 4.69) is 46.5 Å². The van der Waals surface area contributed by atoms with E-state index in [4.69, 9.17) is 37.3 Å². The first kappa shape index (κ1) is 29.0. The molecule has 3 unspecified atom stereocenters. The van der Waals surface area contributed by atoms with Crippen LogP contribution in [0.15, 0.2) is 115 Å². The van der Waals surface area contributed by atoms with Crippen molar-refractivity contribution < 1.29 is 18.0 Å². The van der Waals surface area contributed by atoms with Gasteiger partial charge in [0.15, 0.2) is 11.6 Å². The summed E-state index contributed by atoms with van der Waals surface area (Å²) in [6.45, 7) is 0. The minimum absolute atomic E-state index is 0.0511. The average Bonchev–Trinajstić information content (AvgIpc) is 4.01. The summed E-state index contributed by atoms with van der Waals surface area (Å²) in [4.78, 5) is 15.0. The van der Waals surface area contributed by atoms with Crippen LogP contribution >= 0.6 is 22.9 Å². The normalized spacial score (nSPS) is 20.8. The highest BCUT2D eigenvalue weighted by Gasteiger charge is 2.78. The summed E-state index contributed by atoms with van der Waals surface area (Å²) in [5.74, 6) is 0.708. The van der Waals surface area contributed by atoms with Gasteiger partial charge in [0.05, 0.1) is 28.9 Å². The van der Waals surface area contributed by atoms with Gasteiger partial charge in [0.2, 0.25) is 16.6 Å². The molecule has 0 saturated carbocycles. The average molecular weight is 719 g/mol. The van der Waals surface area contributed by atoms with E-state index in [1.807, 2.05) is 58.2 Å². The van der Waals surface area contributed by atoms with Crippen LogP contribution < -0.4 is 15.1 Å². The largest absolute Gasteiger partial charge is 0.446 e. The number of oxazole rings is 1. The molecule has 1 saturated heterocycles.